The van der Waals surface area contributed by atoms with Gasteiger partial charge in [-0.1, -0.05) is 6.07 Å². The fourth-order valence-corrected chi connectivity index (χ4v) is 1.44. The number of rotatable bonds is 6. The average Bonchev–Trinajstić information content (AvgIpc) is 2.27. The van der Waals surface area contributed by atoms with E-state index < -0.39 is 6.10 Å². The van der Waals surface area contributed by atoms with Crippen LogP contribution in [-0.4, -0.2) is 38.6 Å². The lowest BCUT2D eigenvalue weighted by Crippen LogP contribution is -2.24. The van der Waals surface area contributed by atoms with Gasteiger partial charge in [-0.25, -0.2) is 0 Å². The Morgan fingerprint density at radius 3 is 2.75 bits per heavy atom. The van der Waals surface area contributed by atoms with Gasteiger partial charge in [-0.3, -0.25) is 0 Å². The van der Waals surface area contributed by atoms with E-state index in [1.165, 1.54) is 0 Å². The molecule has 1 atom stereocenters. The van der Waals surface area contributed by atoms with Gasteiger partial charge in [0.15, 0.2) is 0 Å². The highest BCUT2D eigenvalue weighted by molar-refractivity contribution is 5.58. The molecule has 0 amide bonds. The molecule has 0 bridgehead atoms. The molecule has 0 heterocycles. The molecule has 1 unspecified atom stereocenters. The lowest BCUT2D eigenvalue weighted by molar-refractivity contribution is 0.0727. The highest BCUT2D eigenvalue weighted by Gasteiger charge is 2.06. The standard InChI is InChI=1S/C12H19NO3/c1-9-4-5-12(16-3)11(6-9)13-7-10(14)8-15-2/h4-6,10,13-14H,7-8H2,1-3H3. The van der Waals surface area contributed by atoms with E-state index in [0.29, 0.717) is 13.2 Å². The number of anilines is 1. The van der Waals surface area contributed by atoms with Gasteiger partial charge in [-0.15, -0.1) is 0 Å². The number of hydrogen-bond acceptors (Lipinski definition) is 4. The predicted octanol–water partition coefficient (Wildman–Crippen LogP) is 1.42. The van der Waals surface area contributed by atoms with Crippen molar-refractivity contribution in [1.82, 2.24) is 0 Å². The molecular formula is C12H19NO3. The molecule has 4 heteroatoms. The summed E-state index contributed by atoms with van der Waals surface area (Å²) in [4.78, 5) is 0. The molecule has 0 saturated heterocycles. The Labute approximate surface area is 96.2 Å². The Bertz CT molecular complexity index is 328. The predicted molar refractivity (Wildman–Crippen MR) is 64.1 cm³/mol. The summed E-state index contributed by atoms with van der Waals surface area (Å²) in [6, 6.07) is 5.87. The van der Waals surface area contributed by atoms with E-state index in [1.807, 2.05) is 25.1 Å². The van der Waals surface area contributed by atoms with Crippen LogP contribution in [0.2, 0.25) is 0 Å². The number of nitrogens with one attached hydrogen (secondary N) is 1. The van der Waals surface area contributed by atoms with Crippen molar-refractivity contribution in [3.63, 3.8) is 0 Å². The summed E-state index contributed by atoms with van der Waals surface area (Å²) in [5.41, 5.74) is 2.03. The Balaban J connectivity index is 2.61. The topological polar surface area (TPSA) is 50.7 Å². The van der Waals surface area contributed by atoms with Crippen LogP contribution in [0.25, 0.3) is 0 Å². The number of methoxy groups -OCH3 is 2. The molecule has 0 aliphatic rings. The van der Waals surface area contributed by atoms with Gasteiger partial charge in [0.25, 0.3) is 0 Å². The summed E-state index contributed by atoms with van der Waals surface area (Å²) in [6.07, 6.45) is -0.518. The zero-order chi connectivity index (χ0) is 12.0. The molecule has 2 N–H and O–H groups in total. The first-order valence-corrected chi connectivity index (χ1v) is 5.23. The largest absolute Gasteiger partial charge is 0.495 e. The summed E-state index contributed by atoms with van der Waals surface area (Å²) in [7, 11) is 3.19. The van der Waals surface area contributed by atoms with Gasteiger partial charge in [0.2, 0.25) is 0 Å². The lowest BCUT2D eigenvalue weighted by Gasteiger charge is -2.14. The molecule has 4 nitrogen and oxygen atoms in total. The molecule has 0 fully saturated rings. The first kappa shape index (κ1) is 12.8. The summed E-state index contributed by atoms with van der Waals surface area (Å²) < 4.78 is 10.1. The van der Waals surface area contributed by atoms with E-state index >= 15 is 0 Å². The molecule has 0 aromatic heterocycles. The SMILES string of the molecule is COCC(O)CNc1cc(C)ccc1OC. The minimum Gasteiger partial charge on any atom is -0.495 e. The number of aliphatic hydroxyl groups excluding tert-OH is 1. The van der Waals surface area contributed by atoms with Crippen LogP contribution in [0.15, 0.2) is 18.2 Å². The highest BCUT2D eigenvalue weighted by Crippen LogP contribution is 2.24. The Hall–Kier alpha value is -1.26. The second kappa shape index (κ2) is 6.35. The van der Waals surface area contributed by atoms with E-state index in [1.54, 1.807) is 14.2 Å². The van der Waals surface area contributed by atoms with Crippen molar-refractivity contribution in [3.8, 4) is 5.75 Å². The third kappa shape index (κ3) is 3.72. The average molecular weight is 225 g/mol. The first-order chi connectivity index (χ1) is 7.67. The Morgan fingerprint density at radius 1 is 1.38 bits per heavy atom. The Morgan fingerprint density at radius 2 is 2.12 bits per heavy atom. The molecule has 0 aliphatic carbocycles. The number of aliphatic hydroxyl groups is 1. The van der Waals surface area contributed by atoms with Crippen LogP contribution in [-0.2, 0) is 4.74 Å². The van der Waals surface area contributed by atoms with Crippen molar-refractivity contribution in [3.05, 3.63) is 23.8 Å². The molecule has 90 valence electrons. The van der Waals surface area contributed by atoms with Crippen LogP contribution in [0.1, 0.15) is 5.56 Å². The maximum atomic E-state index is 9.52. The van der Waals surface area contributed by atoms with Crippen LogP contribution in [0.4, 0.5) is 5.69 Å². The van der Waals surface area contributed by atoms with E-state index in [-0.39, 0.29) is 0 Å². The van der Waals surface area contributed by atoms with E-state index in [0.717, 1.165) is 17.0 Å². The number of ether oxygens (including phenoxy) is 2. The van der Waals surface area contributed by atoms with Crippen molar-refractivity contribution >= 4 is 5.69 Å². The van der Waals surface area contributed by atoms with Crippen LogP contribution in [0.5, 0.6) is 5.75 Å². The summed E-state index contributed by atoms with van der Waals surface area (Å²) in [5.74, 6) is 0.773. The minimum atomic E-state index is -0.518. The molecule has 0 saturated carbocycles. The van der Waals surface area contributed by atoms with Gasteiger partial charge in [-0.05, 0) is 24.6 Å². The molecule has 0 radical (unpaired) electrons. The van der Waals surface area contributed by atoms with Gasteiger partial charge in [0.05, 0.1) is 25.5 Å². The number of aryl methyl sites for hydroxylation is 1. The summed E-state index contributed by atoms with van der Waals surface area (Å²) >= 11 is 0. The quantitative estimate of drug-likeness (QED) is 0.769. The minimum absolute atomic E-state index is 0.321. The maximum absolute atomic E-state index is 9.52. The molecule has 1 rings (SSSR count). The van der Waals surface area contributed by atoms with Crippen LogP contribution in [0.3, 0.4) is 0 Å². The summed E-state index contributed by atoms with van der Waals surface area (Å²) in [6.45, 7) is 2.77. The molecular weight excluding hydrogens is 206 g/mol. The smallest absolute Gasteiger partial charge is 0.141 e. The number of benzene rings is 1. The monoisotopic (exact) mass is 225 g/mol. The zero-order valence-electron chi connectivity index (χ0n) is 9.99. The van der Waals surface area contributed by atoms with E-state index in [4.69, 9.17) is 9.47 Å². The molecule has 0 spiro atoms. The van der Waals surface area contributed by atoms with Crippen molar-refractivity contribution in [1.29, 1.82) is 0 Å². The molecule has 0 aliphatic heterocycles. The second-order valence-electron chi connectivity index (χ2n) is 3.69. The van der Waals surface area contributed by atoms with Gasteiger partial charge in [0, 0.05) is 13.7 Å². The first-order valence-electron chi connectivity index (χ1n) is 5.23. The Kier molecular flexibility index (Phi) is 5.08. The fraction of sp³-hybridized carbons (Fsp3) is 0.500. The normalized spacial score (nSPS) is 12.2. The van der Waals surface area contributed by atoms with Crippen molar-refractivity contribution in [2.24, 2.45) is 0 Å². The van der Waals surface area contributed by atoms with Crippen LogP contribution >= 0.6 is 0 Å². The lowest BCUT2D eigenvalue weighted by atomic mass is 10.2. The zero-order valence-corrected chi connectivity index (χ0v) is 9.99. The third-order valence-corrected chi connectivity index (χ3v) is 2.24. The van der Waals surface area contributed by atoms with E-state index in [9.17, 15) is 5.11 Å². The van der Waals surface area contributed by atoms with Crippen molar-refractivity contribution < 1.29 is 14.6 Å². The van der Waals surface area contributed by atoms with Gasteiger partial charge in [0.1, 0.15) is 5.75 Å². The van der Waals surface area contributed by atoms with E-state index in [2.05, 4.69) is 5.32 Å². The van der Waals surface area contributed by atoms with Crippen LogP contribution in [0, 0.1) is 6.92 Å². The van der Waals surface area contributed by atoms with Crippen LogP contribution < -0.4 is 10.1 Å². The van der Waals surface area contributed by atoms with Gasteiger partial charge >= 0.3 is 0 Å². The van der Waals surface area contributed by atoms with Gasteiger partial charge in [-0.2, -0.15) is 0 Å². The van der Waals surface area contributed by atoms with Crippen molar-refractivity contribution in [2.75, 3.05) is 32.7 Å². The third-order valence-electron chi connectivity index (χ3n) is 2.24. The highest BCUT2D eigenvalue weighted by atomic mass is 16.5. The maximum Gasteiger partial charge on any atom is 0.141 e. The molecule has 1 aromatic rings. The van der Waals surface area contributed by atoms with Crippen molar-refractivity contribution in [2.45, 2.75) is 13.0 Å². The van der Waals surface area contributed by atoms with Gasteiger partial charge < -0.3 is 19.9 Å². The molecule has 16 heavy (non-hydrogen) atoms. The summed E-state index contributed by atoms with van der Waals surface area (Å²) in [5, 5.41) is 12.6. The second-order valence-corrected chi connectivity index (χ2v) is 3.69. The molecule has 1 aromatic carbocycles. The fourth-order valence-electron chi connectivity index (χ4n) is 1.44. The number of hydrogen-bond donors (Lipinski definition) is 2.